The highest BCUT2D eigenvalue weighted by Gasteiger charge is 2.15. The van der Waals surface area contributed by atoms with Crippen LogP contribution in [0, 0.1) is 5.82 Å². The summed E-state index contributed by atoms with van der Waals surface area (Å²) in [5.74, 6) is -0.914. The normalized spacial score (nSPS) is 11.6. The molecule has 5 heteroatoms. The van der Waals surface area contributed by atoms with Gasteiger partial charge in [-0.3, -0.25) is 0 Å². The lowest BCUT2D eigenvalue weighted by molar-refractivity contribution is 0.456. The Kier molecular flexibility index (Phi) is 4.91. The lowest BCUT2D eigenvalue weighted by Gasteiger charge is -2.10. The van der Waals surface area contributed by atoms with Gasteiger partial charge in [-0.25, -0.2) is 4.39 Å². The van der Waals surface area contributed by atoms with Crippen molar-refractivity contribution in [3.05, 3.63) is 41.2 Å². The first-order valence-corrected chi connectivity index (χ1v) is 4.00. The summed E-state index contributed by atoms with van der Waals surface area (Å²) in [6.07, 6.45) is 1.33. The first-order valence-electron chi connectivity index (χ1n) is 3.63. The van der Waals surface area contributed by atoms with Gasteiger partial charge in [-0.15, -0.1) is 19.0 Å². The molecule has 0 bridgehead atoms. The predicted molar refractivity (Wildman–Crippen MR) is 57.4 cm³/mol. The van der Waals surface area contributed by atoms with Gasteiger partial charge in [0.15, 0.2) is 0 Å². The minimum atomic E-state index is -0.751. The average molecular weight is 238 g/mol. The van der Waals surface area contributed by atoms with E-state index >= 15 is 0 Å². The van der Waals surface area contributed by atoms with Crippen LogP contribution in [-0.4, -0.2) is 5.11 Å². The smallest absolute Gasteiger partial charge is 0.142 e. The van der Waals surface area contributed by atoms with Crippen molar-refractivity contribution in [3.63, 3.8) is 0 Å². The van der Waals surface area contributed by atoms with Crippen LogP contribution in [0.2, 0.25) is 5.02 Å². The lowest BCUT2D eigenvalue weighted by atomic mass is 10.1. The quantitative estimate of drug-likeness (QED) is 0.778. The second-order valence-electron chi connectivity index (χ2n) is 2.55. The van der Waals surface area contributed by atoms with Crippen molar-refractivity contribution in [2.45, 2.75) is 6.04 Å². The first-order chi connectivity index (χ1) is 6.07. The number of benzene rings is 1. The van der Waals surface area contributed by atoms with Gasteiger partial charge in [-0.2, -0.15) is 0 Å². The fourth-order valence-electron chi connectivity index (χ4n) is 0.992. The fourth-order valence-corrected chi connectivity index (χ4v) is 1.16. The number of phenols is 1. The third-order valence-corrected chi connectivity index (χ3v) is 2.01. The van der Waals surface area contributed by atoms with Gasteiger partial charge in [-0.05, 0) is 12.1 Å². The van der Waals surface area contributed by atoms with Gasteiger partial charge in [0.2, 0.25) is 0 Å². The summed E-state index contributed by atoms with van der Waals surface area (Å²) in [4.78, 5) is 0. The van der Waals surface area contributed by atoms with Crippen molar-refractivity contribution in [2.75, 3.05) is 0 Å². The number of hydrogen-bond donors (Lipinski definition) is 2. The Balaban J connectivity index is 0.00000169. The van der Waals surface area contributed by atoms with Gasteiger partial charge in [0.05, 0.1) is 16.6 Å². The molecule has 1 aromatic rings. The van der Waals surface area contributed by atoms with E-state index in [-0.39, 0.29) is 28.7 Å². The Labute approximate surface area is 92.6 Å². The fraction of sp³-hybridized carbons (Fsp3) is 0.111. The lowest BCUT2D eigenvalue weighted by Crippen LogP contribution is -2.09. The molecule has 0 aliphatic rings. The summed E-state index contributed by atoms with van der Waals surface area (Å²) < 4.78 is 13.1. The van der Waals surface area contributed by atoms with Crippen molar-refractivity contribution in [3.8, 4) is 5.75 Å². The Morgan fingerprint density at radius 2 is 2.14 bits per heavy atom. The zero-order valence-electron chi connectivity index (χ0n) is 7.21. The molecule has 0 aliphatic carbocycles. The molecule has 14 heavy (non-hydrogen) atoms. The first kappa shape index (κ1) is 13.2. The number of nitrogens with two attached hydrogens (primary N) is 1. The van der Waals surface area contributed by atoms with E-state index in [0.717, 1.165) is 6.07 Å². The standard InChI is InChI=1S/C9H9ClFNO.ClH/c1-2-7(12)8-6(11)4-3-5(10)9(8)13;/h2-4,7,13H,1,12H2;1H/t7-;/m1./s1. The van der Waals surface area contributed by atoms with Crippen LogP contribution in [0.15, 0.2) is 24.8 Å². The van der Waals surface area contributed by atoms with E-state index in [4.69, 9.17) is 17.3 Å². The number of aromatic hydroxyl groups is 1. The number of rotatable bonds is 2. The third kappa shape index (κ3) is 2.38. The van der Waals surface area contributed by atoms with E-state index in [9.17, 15) is 9.50 Å². The molecule has 0 unspecified atom stereocenters. The zero-order chi connectivity index (χ0) is 10.0. The SMILES string of the molecule is C=C[C@@H](N)c1c(F)ccc(Cl)c1O.Cl. The summed E-state index contributed by atoms with van der Waals surface area (Å²) in [6.45, 7) is 3.40. The molecule has 0 fully saturated rings. The van der Waals surface area contributed by atoms with Crippen LogP contribution in [-0.2, 0) is 0 Å². The average Bonchev–Trinajstić information content (AvgIpc) is 2.12. The maximum atomic E-state index is 13.1. The molecule has 0 spiro atoms. The van der Waals surface area contributed by atoms with Gasteiger partial charge in [-0.1, -0.05) is 17.7 Å². The van der Waals surface area contributed by atoms with Gasteiger partial charge in [0.25, 0.3) is 0 Å². The van der Waals surface area contributed by atoms with Crippen molar-refractivity contribution in [1.82, 2.24) is 0 Å². The summed E-state index contributed by atoms with van der Waals surface area (Å²) in [5, 5.41) is 9.46. The molecular weight excluding hydrogens is 228 g/mol. The second-order valence-corrected chi connectivity index (χ2v) is 2.96. The highest BCUT2D eigenvalue weighted by Crippen LogP contribution is 2.32. The molecule has 1 rings (SSSR count). The summed E-state index contributed by atoms with van der Waals surface area (Å²) in [5.41, 5.74) is 5.46. The summed E-state index contributed by atoms with van der Waals surface area (Å²) in [6, 6.07) is 1.67. The van der Waals surface area contributed by atoms with Crippen molar-refractivity contribution >= 4 is 24.0 Å². The van der Waals surface area contributed by atoms with E-state index in [1.807, 2.05) is 0 Å². The van der Waals surface area contributed by atoms with E-state index < -0.39 is 11.9 Å². The number of phenolic OH excluding ortho intramolecular Hbond substituents is 1. The molecule has 0 amide bonds. The maximum Gasteiger partial charge on any atom is 0.142 e. The zero-order valence-corrected chi connectivity index (χ0v) is 8.78. The van der Waals surface area contributed by atoms with Crippen LogP contribution in [0.5, 0.6) is 5.75 Å². The third-order valence-electron chi connectivity index (χ3n) is 1.70. The molecule has 3 N–H and O–H groups in total. The van der Waals surface area contributed by atoms with E-state index in [1.165, 1.54) is 12.1 Å². The molecule has 0 heterocycles. The minimum Gasteiger partial charge on any atom is -0.506 e. The highest BCUT2D eigenvalue weighted by atomic mass is 35.5. The molecule has 0 radical (unpaired) electrons. The molecule has 1 aromatic carbocycles. The summed E-state index contributed by atoms with van der Waals surface area (Å²) >= 11 is 5.58. The minimum absolute atomic E-state index is 0. The van der Waals surface area contributed by atoms with Crippen LogP contribution >= 0.6 is 24.0 Å². The largest absolute Gasteiger partial charge is 0.506 e. The van der Waals surface area contributed by atoms with Crippen molar-refractivity contribution in [1.29, 1.82) is 0 Å². The monoisotopic (exact) mass is 237 g/mol. The van der Waals surface area contributed by atoms with Gasteiger partial charge < -0.3 is 10.8 Å². The molecule has 0 aromatic heterocycles. The molecule has 78 valence electrons. The van der Waals surface area contributed by atoms with E-state index in [0.29, 0.717) is 0 Å². The Bertz CT molecular complexity index is 344. The molecule has 2 nitrogen and oxygen atoms in total. The van der Waals surface area contributed by atoms with Crippen LogP contribution < -0.4 is 5.73 Å². The van der Waals surface area contributed by atoms with Crippen LogP contribution in [0.25, 0.3) is 0 Å². The van der Waals surface area contributed by atoms with Gasteiger partial charge >= 0.3 is 0 Å². The van der Waals surface area contributed by atoms with E-state index in [1.54, 1.807) is 0 Å². The predicted octanol–water partition coefficient (Wildman–Crippen LogP) is 2.79. The highest BCUT2D eigenvalue weighted by molar-refractivity contribution is 6.32. The number of halogens is 3. The molecule has 0 saturated heterocycles. The van der Waals surface area contributed by atoms with Crippen LogP contribution in [0.4, 0.5) is 4.39 Å². The van der Waals surface area contributed by atoms with E-state index in [2.05, 4.69) is 6.58 Å². The van der Waals surface area contributed by atoms with Gasteiger partial charge in [0.1, 0.15) is 11.6 Å². The molecule has 0 saturated carbocycles. The van der Waals surface area contributed by atoms with Crippen molar-refractivity contribution in [2.24, 2.45) is 5.73 Å². The Hall–Kier alpha value is -0.770. The topological polar surface area (TPSA) is 46.2 Å². The molecule has 0 aliphatic heterocycles. The maximum absolute atomic E-state index is 13.1. The number of hydrogen-bond acceptors (Lipinski definition) is 2. The van der Waals surface area contributed by atoms with Crippen LogP contribution in [0.3, 0.4) is 0 Å². The summed E-state index contributed by atoms with van der Waals surface area (Å²) in [7, 11) is 0. The van der Waals surface area contributed by atoms with Crippen molar-refractivity contribution < 1.29 is 9.50 Å². The molecular formula is C9H10Cl2FNO. The molecule has 1 atom stereocenters. The Morgan fingerprint density at radius 1 is 1.57 bits per heavy atom. The Morgan fingerprint density at radius 3 is 2.64 bits per heavy atom. The van der Waals surface area contributed by atoms with Gasteiger partial charge in [0, 0.05) is 0 Å². The van der Waals surface area contributed by atoms with Crippen LogP contribution in [0.1, 0.15) is 11.6 Å². The second kappa shape index (κ2) is 5.20.